The smallest absolute Gasteiger partial charge is 0.254 e. The Balaban J connectivity index is 1.62. The third kappa shape index (κ3) is 2.71. The Kier molecular flexibility index (Phi) is 4.27. The van der Waals surface area contributed by atoms with E-state index < -0.39 is 11.6 Å². The third-order valence-corrected chi connectivity index (χ3v) is 5.97. The number of aliphatic hydroxyl groups excluding tert-OH is 1. The number of halogens is 2. The number of rotatable bonds is 4. The van der Waals surface area contributed by atoms with Gasteiger partial charge in [-0.05, 0) is 49.4 Å². The van der Waals surface area contributed by atoms with Crippen LogP contribution in [0.5, 0.6) is 0 Å². The predicted molar refractivity (Wildman–Crippen MR) is 93.6 cm³/mol. The number of carbonyl (C=O) groups excluding carboxylic acids is 1. The largest absolute Gasteiger partial charge is 0.396 e. The van der Waals surface area contributed by atoms with E-state index in [0.29, 0.717) is 6.42 Å². The highest BCUT2D eigenvalue weighted by Crippen LogP contribution is 2.51. The van der Waals surface area contributed by atoms with E-state index in [4.69, 9.17) is 0 Å². The molecule has 136 valence electrons. The van der Waals surface area contributed by atoms with Crippen molar-refractivity contribution in [3.63, 3.8) is 0 Å². The first-order chi connectivity index (χ1) is 12.5. The molecule has 2 heterocycles. The number of hydrogen-bond acceptors (Lipinski definition) is 2. The summed E-state index contributed by atoms with van der Waals surface area (Å²) in [6, 6.07) is 13.2. The molecule has 2 bridgehead atoms. The van der Waals surface area contributed by atoms with E-state index in [2.05, 4.69) is 0 Å². The Hall–Kier alpha value is -2.27. The minimum atomic E-state index is -1.01. The van der Waals surface area contributed by atoms with Gasteiger partial charge in [0.2, 0.25) is 0 Å². The quantitative estimate of drug-likeness (QED) is 0.909. The van der Waals surface area contributed by atoms with Crippen LogP contribution in [-0.2, 0) is 6.42 Å². The van der Waals surface area contributed by atoms with Crippen molar-refractivity contribution < 1.29 is 18.7 Å². The number of fused-ring (bicyclic) bond motifs is 2. The molecule has 0 aliphatic carbocycles. The lowest BCUT2D eigenvalue weighted by molar-refractivity contribution is 0.0570. The van der Waals surface area contributed by atoms with Crippen LogP contribution in [0.25, 0.3) is 0 Å². The van der Waals surface area contributed by atoms with Gasteiger partial charge in [0, 0.05) is 23.1 Å². The second-order valence-electron chi connectivity index (χ2n) is 7.48. The van der Waals surface area contributed by atoms with E-state index in [0.717, 1.165) is 37.0 Å². The number of aliphatic hydroxyl groups is 1. The van der Waals surface area contributed by atoms with Gasteiger partial charge in [-0.2, -0.15) is 0 Å². The van der Waals surface area contributed by atoms with Crippen LogP contribution in [-0.4, -0.2) is 34.6 Å². The Morgan fingerprint density at radius 3 is 2.58 bits per heavy atom. The van der Waals surface area contributed by atoms with Crippen molar-refractivity contribution in [3.8, 4) is 0 Å². The first-order valence-electron chi connectivity index (χ1n) is 8.96. The van der Waals surface area contributed by atoms with Gasteiger partial charge in [0.15, 0.2) is 11.6 Å². The number of carbonyl (C=O) groups is 1. The van der Waals surface area contributed by atoms with Gasteiger partial charge in [0.1, 0.15) is 0 Å². The van der Waals surface area contributed by atoms with Crippen LogP contribution in [0, 0.1) is 17.0 Å². The van der Waals surface area contributed by atoms with Crippen LogP contribution in [0.2, 0.25) is 0 Å². The zero-order valence-corrected chi connectivity index (χ0v) is 14.4. The predicted octanol–water partition coefficient (Wildman–Crippen LogP) is 3.56. The lowest BCUT2D eigenvalue weighted by Gasteiger charge is -2.36. The normalized spacial score (nSPS) is 27.1. The maximum absolute atomic E-state index is 13.6. The zero-order valence-electron chi connectivity index (χ0n) is 14.4. The monoisotopic (exact) mass is 357 g/mol. The summed E-state index contributed by atoms with van der Waals surface area (Å²) >= 11 is 0. The minimum Gasteiger partial charge on any atom is -0.396 e. The van der Waals surface area contributed by atoms with Gasteiger partial charge in [-0.1, -0.05) is 30.3 Å². The Labute approximate surface area is 151 Å². The van der Waals surface area contributed by atoms with Crippen molar-refractivity contribution in [2.75, 3.05) is 6.61 Å². The molecule has 5 heteroatoms. The van der Waals surface area contributed by atoms with Crippen molar-refractivity contribution in [3.05, 3.63) is 71.3 Å². The van der Waals surface area contributed by atoms with Gasteiger partial charge in [0.05, 0.1) is 6.61 Å². The highest BCUT2D eigenvalue weighted by molar-refractivity contribution is 5.95. The van der Waals surface area contributed by atoms with Crippen molar-refractivity contribution in [1.82, 2.24) is 4.90 Å². The molecule has 2 aliphatic rings. The van der Waals surface area contributed by atoms with Gasteiger partial charge in [-0.3, -0.25) is 4.79 Å². The molecule has 0 spiro atoms. The summed E-state index contributed by atoms with van der Waals surface area (Å²) in [5, 5.41) is 10.2. The first-order valence-corrected chi connectivity index (χ1v) is 8.96. The van der Waals surface area contributed by atoms with Crippen molar-refractivity contribution in [2.45, 2.75) is 37.8 Å². The topological polar surface area (TPSA) is 40.5 Å². The number of benzene rings is 2. The van der Waals surface area contributed by atoms with E-state index >= 15 is 0 Å². The van der Waals surface area contributed by atoms with Crippen LogP contribution in [0.15, 0.2) is 48.5 Å². The molecule has 2 saturated heterocycles. The van der Waals surface area contributed by atoms with Crippen molar-refractivity contribution >= 4 is 5.91 Å². The third-order valence-electron chi connectivity index (χ3n) is 5.97. The molecule has 2 aromatic carbocycles. The molecule has 2 aromatic rings. The fraction of sp³-hybridized carbons (Fsp3) is 0.381. The maximum atomic E-state index is 13.6. The molecular formula is C21H21F2NO2. The van der Waals surface area contributed by atoms with Crippen LogP contribution in [0.3, 0.4) is 0 Å². The Bertz CT molecular complexity index is 826. The fourth-order valence-corrected chi connectivity index (χ4v) is 4.79. The standard InChI is InChI=1S/C21H21F2NO2/c22-17-8-6-15(10-18(17)23)20(26)24-16-7-9-19(24)21(12-16,13-25)11-14-4-2-1-3-5-14/h1-6,8,10,16,19,25H,7,9,11-13H2/t16-,19+,21-/m0/s1. The maximum Gasteiger partial charge on any atom is 0.254 e. The second-order valence-corrected chi connectivity index (χ2v) is 7.48. The summed E-state index contributed by atoms with van der Waals surface area (Å²) in [5.41, 5.74) is 0.918. The van der Waals surface area contributed by atoms with Gasteiger partial charge in [0.25, 0.3) is 5.91 Å². The summed E-state index contributed by atoms with van der Waals surface area (Å²) in [6.45, 7) is 0.00458. The number of nitrogens with zero attached hydrogens (tertiary/aromatic N) is 1. The summed E-state index contributed by atoms with van der Waals surface area (Å²) in [4.78, 5) is 14.8. The van der Waals surface area contributed by atoms with Crippen LogP contribution >= 0.6 is 0 Å². The summed E-state index contributed by atoms with van der Waals surface area (Å²) in [5.74, 6) is -2.25. The van der Waals surface area contributed by atoms with Gasteiger partial charge >= 0.3 is 0 Å². The summed E-state index contributed by atoms with van der Waals surface area (Å²) < 4.78 is 26.7. The Morgan fingerprint density at radius 1 is 1.12 bits per heavy atom. The minimum absolute atomic E-state index is 0.00458. The molecule has 4 rings (SSSR count). The van der Waals surface area contributed by atoms with Gasteiger partial charge in [-0.15, -0.1) is 0 Å². The molecular weight excluding hydrogens is 336 g/mol. The SMILES string of the molecule is O=C(c1ccc(F)c(F)c1)N1[C@H]2CC[C@@H]1[C@@](CO)(Cc1ccccc1)C2. The Morgan fingerprint density at radius 2 is 1.88 bits per heavy atom. The number of hydrogen-bond donors (Lipinski definition) is 1. The molecule has 0 aromatic heterocycles. The molecule has 3 atom stereocenters. The van der Waals surface area contributed by atoms with E-state index in [1.54, 1.807) is 4.90 Å². The number of amides is 1. The molecule has 0 radical (unpaired) electrons. The molecule has 2 aliphatic heterocycles. The summed E-state index contributed by atoms with van der Waals surface area (Å²) in [6.07, 6.45) is 3.15. The van der Waals surface area contributed by atoms with E-state index in [1.807, 2.05) is 30.3 Å². The van der Waals surface area contributed by atoms with E-state index in [-0.39, 0.29) is 35.6 Å². The molecule has 1 N–H and O–H groups in total. The van der Waals surface area contributed by atoms with Gasteiger partial charge < -0.3 is 10.0 Å². The summed E-state index contributed by atoms with van der Waals surface area (Å²) in [7, 11) is 0. The molecule has 1 amide bonds. The van der Waals surface area contributed by atoms with Crippen molar-refractivity contribution in [1.29, 1.82) is 0 Å². The molecule has 0 saturated carbocycles. The highest BCUT2D eigenvalue weighted by atomic mass is 19.2. The first kappa shape index (κ1) is 17.2. The van der Waals surface area contributed by atoms with E-state index in [9.17, 15) is 18.7 Å². The van der Waals surface area contributed by atoms with E-state index in [1.165, 1.54) is 6.07 Å². The van der Waals surface area contributed by atoms with Crippen LogP contribution in [0.1, 0.15) is 35.2 Å². The van der Waals surface area contributed by atoms with Gasteiger partial charge in [-0.25, -0.2) is 8.78 Å². The fourth-order valence-electron chi connectivity index (χ4n) is 4.79. The molecule has 2 fully saturated rings. The van der Waals surface area contributed by atoms with Crippen LogP contribution < -0.4 is 0 Å². The average Bonchev–Trinajstić information content (AvgIpc) is 3.20. The highest BCUT2D eigenvalue weighted by Gasteiger charge is 2.57. The lowest BCUT2D eigenvalue weighted by atomic mass is 9.70. The zero-order chi connectivity index (χ0) is 18.3. The average molecular weight is 357 g/mol. The lowest BCUT2D eigenvalue weighted by Crippen LogP contribution is -2.44. The molecule has 0 unspecified atom stereocenters. The second kappa shape index (κ2) is 6.47. The molecule has 26 heavy (non-hydrogen) atoms. The van der Waals surface area contributed by atoms with Crippen molar-refractivity contribution in [2.24, 2.45) is 5.41 Å². The van der Waals surface area contributed by atoms with Crippen LogP contribution in [0.4, 0.5) is 8.78 Å². The molecule has 3 nitrogen and oxygen atoms in total.